The lowest BCUT2D eigenvalue weighted by Crippen LogP contribution is -2.45. The summed E-state index contributed by atoms with van der Waals surface area (Å²) in [5.74, 6) is -0.184. The SMILES string of the molecule is CC(C)(C)C(=O)N1C(=O)OCC1Cc1ccccc1. The van der Waals surface area contributed by atoms with Crippen molar-refractivity contribution in [3.8, 4) is 0 Å². The molecule has 0 saturated carbocycles. The molecule has 0 spiro atoms. The van der Waals surface area contributed by atoms with Crippen LogP contribution in [0.4, 0.5) is 4.79 Å². The van der Waals surface area contributed by atoms with Gasteiger partial charge in [-0.3, -0.25) is 4.79 Å². The summed E-state index contributed by atoms with van der Waals surface area (Å²) in [6.45, 7) is 5.69. The fraction of sp³-hybridized carbons (Fsp3) is 0.467. The van der Waals surface area contributed by atoms with Gasteiger partial charge in [0.05, 0.1) is 6.04 Å². The van der Waals surface area contributed by atoms with Crippen LogP contribution in [0.25, 0.3) is 0 Å². The summed E-state index contributed by atoms with van der Waals surface area (Å²) in [5, 5.41) is 0. The maximum absolute atomic E-state index is 12.3. The van der Waals surface area contributed by atoms with Crippen molar-refractivity contribution in [2.24, 2.45) is 5.41 Å². The van der Waals surface area contributed by atoms with Crippen LogP contribution in [0.3, 0.4) is 0 Å². The molecule has 1 aliphatic heterocycles. The second-order valence-electron chi connectivity index (χ2n) is 5.85. The van der Waals surface area contributed by atoms with Crippen LogP contribution in [0.15, 0.2) is 30.3 Å². The van der Waals surface area contributed by atoms with Crippen molar-refractivity contribution in [3.63, 3.8) is 0 Å². The Balaban J connectivity index is 2.16. The monoisotopic (exact) mass is 261 g/mol. The van der Waals surface area contributed by atoms with Crippen LogP contribution in [-0.2, 0) is 16.0 Å². The average Bonchev–Trinajstić information content (AvgIpc) is 2.70. The standard InChI is InChI=1S/C15H19NO3/c1-15(2,3)13(17)16-12(10-19-14(16)18)9-11-7-5-4-6-8-11/h4-8,12H,9-10H2,1-3H3. The number of hydrogen-bond acceptors (Lipinski definition) is 3. The number of nitrogens with zero attached hydrogens (tertiary/aromatic N) is 1. The molecule has 2 amide bonds. The van der Waals surface area contributed by atoms with Crippen LogP contribution in [0, 0.1) is 5.41 Å². The molecule has 1 aromatic rings. The van der Waals surface area contributed by atoms with Crippen molar-refractivity contribution in [1.29, 1.82) is 0 Å². The predicted molar refractivity (Wildman–Crippen MR) is 71.6 cm³/mol. The normalized spacial score (nSPS) is 19.4. The second-order valence-corrected chi connectivity index (χ2v) is 5.85. The molecule has 1 atom stereocenters. The zero-order valence-electron chi connectivity index (χ0n) is 11.6. The fourth-order valence-electron chi connectivity index (χ4n) is 2.11. The average molecular weight is 261 g/mol. The predicted octanol–water partition coefficient (Wildman–Crippen LogP) is 2.62. The number of hydrogen-bond donors (Lipinski definition) is 0. The Hall–Kier alpha value is -1.84. The molecule has 0 aromatic heterocycles. The molecule has 1 aromatic carbocycles. The molecule has 1 aliphatic rings. The molecule has 0 radical (unpaired) electrons. The first-order valence-corrected chi connectivity index (χ1v) is 6.44. The summed E-state index contributed by atoms with van der Waals surface area (Å²) in [5.41, 5.74) is 0.510. The Kier molecular flexibility index (Phi) is 3.60. The Morgan fingerprint density at radius 3 is 2.53 bits per heavy atom. The van der Waals surface area contributed by atoms with E-state index in [1.165, 1.54) is 4.90 Å². The van der Waals surface area contributed by atoms with Crippen LogP contribution < -0.4 is 0 Å². The van der Waals surface area contributed by atoms with Crippen LogP contribution in [0.1, 0.15) is 26.3 Å². The molecule has 2 rings (SSSR count). The molecule has 0 bridgehead atoms. The van der Waals surface area contributed by atoms with E-state index in [9.17, 15) is 9.59 Å². The van der Waals surface area contributed by atoms with Gasteiger partial charge in [0, 0.05) is 5.41 Å². The van der Waals surface area contributed by atoms with Crippen LogP contribution in [0.5, 0.6) is 0 Å². The van der Waals surface area contributed by atoms with Crippen molar-refractivity contribution in [2.45, 2.75) is 33.2 Å². The quantitative estimate of drug-likeness (QED) is 0.822. The molecule has 1 unspecified atom stereocenters. The highest BCUT2D eigenvalue weighted by Gasteiger charge is 2.42. The highest BCUT2D eigenvalue weighted by Crippen LogP contribution is 2.25. The first kappa shape index (κ1) is 13.6. The summed E-state index contributed by atoms with van der Waals surface area (Å²) in [7, 11) is 0. The van der Waals surface area contributed by atoms with E-state index in [1.54, 1.807) is 20.8 Å². The lowest BCUT2D eigenvalue weighted by molar-refractivity contribution is -0.137. The number of rotatable bonds is 2. The molecule has 1 fully saturated rings. The van der Waals surface area contributed by atoms with E-state index in [-0.39, 0.29) is 18.6 Å². The van der Waals surface area contributed by atoms with Gasteiger partial charge < -0.3 is 4.74 Å². The van der Waals surface area contributed by atoms with Crippen LogP contribution in [0.2, 0.25) is 0 Å². The van der Waals surface area contributed by atoms with Crippen LogP contribution in [-0.4, -0.2) is 29.5 Å². The Morgan fingerprint density at radius 2 is 1.95 bits per heavy atom. The van der Waals surface area contributed by atoms with E-state index in [1.807, 2.05) is 30.3 Å². The van der Waals surface area contributed by atoms with Crippen molar-refractivity contribution in [2.75, 3.05) is 6.61 Å². The molecule has 19 heavy (non-hydrogen) atoms. The summed E-state index contributed by atoms with van der Waals surface area (Å²) in [4.78, 5) is 25.3. The minimum Gasteiger partial charge on any atom is -0.447 e. The van der Waals surface area contributed by atoms with E-state index in [4.69, 9.17) is 4.74 Å². The van der Waals surface area contributed by atoms with Gasteiger partial charge >= 0.3 is 6.09 Å². The topological polar surface area (TPSA) is 46.6 Å². The largest absolute Gasteiger partial charge is 0.447 e. The third kappa shape index (κ3) is 2.95. The number of carbonyl (C=O) groups excluding carboxylic acids is 2. The molecule has 1 heterocycles. The third-order valence-electron chi connectivity index (χ3n) is 3.14. The highest BCUT2D eigenvalue weighted by atomic mass is 16.6. The van der Waals surface area contributed by atoms with E-state index in [0.29, 0.717) is 6.42 Å². The summed E-state index contributed by atoms with van der Waals surface area (Å²) in [6, 6.07) is 9.61. The first-order chi connectivity index (χ1) is 8.89. The van der Waals surface area contributed by atoms with Gasteiger partial charge in [-0.15, -0.1) is 0 Å². The maximum Gasteiger partial charge on any atom is 0.417 e. The number of amides is 2. The Bertz CT molecular complexity index is 476. The molecule has 102 valence electrons. The van der Waals surface area contributed by atoms with Crippen molar-refractivity contribution in [1.82, 2.24) is 4.90 Å². The third-order valence-corrected chi connectivity index (χ3v) is 3.14. The Morgan fingerprint density at radius 1 is 1.32 bits per heavy atom. The van der Waals surface area contributed by atoms with E-state index in [0.717, 1.165) is 5.56 Å². The Labute approximate surface area is 113 Å². The van der Waals surface area contributed by atoms with Crippen molar-refractivity contribution in [3.05, 3.63) is 35.9 Å². The van der Waals surface area contributed by atoms with E-state index >= 15 is 0 Å². The first-order valence-electron chi connectivity index (χ1n) is 6.44. The zero-order valence-corrected chi connectivity index (χ0v) is 11.6. The number of carbonyl (C=O) groups is 2. The van der Waals surface area contributed by atoms with Gasteiger partial charge in [-0.05, 0) is 12.0 Å². The molecule has 0 aliphatic carbocycles. The molecule has 4 nitrogen and oxygen atoms in total. The molecule has 0 N–H and O–H groups in total. The fourth-order valence-corrected chi connectivity index (χ4v) is 2.11. The summed E-state index contributed by atoms with van der Waals surface area (Å²) >= 11 is 0. The maximum atomic E-state index is 12.3. The number of imide groups is 1. The van der Waals surface area contributed by atoms with Gasteiger partial charge in [-0.2, -0.15) is 0 Å². The van der Waals surface area contributed by atoms with E-state index < -0.39 is 11.5 Å². The van der Waals surface area contributed by atoms with Gasteiger partial charge in [0.2, 0.25) is 5.91 Å². The molecule has 1 saturated heterocycles. The van der Waals surface area contributed by atoms with Gasteiger partial charge in [0.25, 0.3) is 0 Å². The second kappa shape index (κ2) is 5.03. The summed E-state index contributed by atoms with van der Waals surface area (Å²) in [6.07, 6.45) is 0.106. The molecular formula is C15H19NO3. The van der Waals surface area contributed by atoms with Gasteiger partial charge in [0.15, 0.2) is 0 Å². The van der Waals surface area contributed by atoms with Gasteiger partial charge in [0.1, 0.15) is 6.61 Å². The van der Waals surface area contributed by atoms with Crippen LogP contribution >= 0.6 is 0 Å². The number of ether oxygens (including phenoxy) is 1. The highest BCUT2D eigenvalue weighted by molar-refractivity contribution is 5.96. The smallest absolute Gasteiger partial charge is 0.417 e. The molecular weight excluding hydrogens is 242 g/mol. The van der Waals surface area contributed by atoms with Crippen molar-refractivity contribution < 1.29 is 14.3 Å². The minimum absolute atomic E-state index is 0.184. The van der Waals surface area contributed by atoms with E-state index in [2.05, 4.69) is 0 Å². The lowest BCUT2D eigenvalue weighted by atomic mass is 9.93. The number of cyclic esters (lactones) is 1. The zero-order chi connectivity index (χ0) is 14.0. The van der Waals surface area contributed by atoms with Gasteiger partial charge in [-0.25, -0.2) is 9.69 Å². The van der Waals surface area contributed by atoms with Crippen molar-refractivity contribution >= 4 is 12.0 Å². The number of benzene rings is 1. The van der Waals surface area contributed by atoms with Gasteiger partial charge in [-0.1, -0.05) is 51.1 Å². The lowest BCUT2D eigenvalue weighted by Gasteiger charge is -2.26. The molecule has 4 heteroatoms. The summed E-state index contributed by atoms with van der Waals surface area (Å²) < 4.78 is 5.03. The minimum atomic E-state index is -0.585.